The van der Waals surface area contributed by atoms with E-state index >= 15 is 0 Å². The van der Waals surface area contributed by atoms with Gasteiger partial charge in [-0.25, -0.2) is 0 Å². The lowest BCUT2D eigenvalue weighted by molar-refractivity contribution is -0.132. The smallest absolute Gasteiger partial charge is 0.223 e. The van der Waals surface area contributed by atoms with Crippen LogP contribution >= 0.6 is 11.6 Å². The van der Waals surface area contributed by atoms with Gasteiger partial charge in [0.25, 0.3) is 0 Å². The lowest BCUT2D eigenvalue weighted by Crippen LogP contribution is -2.36. The fourth-order valence-corrected chi connectivity index (χ4v) is 3.60. The number of halogens is 1. The number of rotatable bonds is 8. The van der Waals surface area contributed by atoms with E-state index in [0.29, 0.717) is 42.6 Å². The van der Waals surface area contributed by atoms with Gasteiger partial charge in [0.15, 0.2) is 17.3 Å². The minimum Gasteiger partial charge on any atom is -0.490 e. The SMILES string of the molecule is CCOc1cc2c(cc1OCC)CN(C(=O)CCC(=O)c1ccc(Cl)cc1)CC2. The van der Waals surface area contributed by atoms with Crippen molar-refractivity contribution in [2.24, 2.45) is 0 Å². The first-order valence-electron chi connectivity index (χ1n) is 9.99. The first kappa shape index (κ1) is 21.2. The first-order chi connectivity index (χ1) is 14.0. The monoisotopic (exact) mass is 415 g/mol. The van der Waals surface area contributed by atoms with Crippen molar-refractivity contribution >= 4 is 23.3 Å². The number of benzene rings is 2. The summed E-state index contributed by atoms with van der Waals surface area (Å²) in [6, 6.07) is 10.8. The van der Waals surface area contributed by atoms with Gasteiger partial charge in [-0.3, -0.25) is 9.59 Å². The molecule has 0 saturated heterocycles. The summed E-state index contributed by atoms with van der Waals surface area (Å²) in [5.41, 5.74) is 2.83. The van der Waals surface area contributed by atoms with Crippen LogP contribution in [0.3, 0.4) is 0 Å². The molecule has 0 bridgehead atoms. The summed E-state index contributed by atoms with van der Waals surface area (Å²) in [4.78, 5) is 26.8. The average Bonchev–Trinajstić information content (AvgIpc) is 2.72. The third-order valence-electron chi connectivity index (χ3n) is 4.96. The average molecular weight is 416 g/mol. The van der Waals surface area contributed by atoms with Crippen LogP contribution in [0.5, 0.6) is 11.5 Å². The van der Waals surface area contributed by atoms with Gasteiger partial charge in [-0.2, -0.15) is 0 Å². The summed E-state index contributed by atoms with van der Waals surface area (Å²) in [5, 5.41) is 0.587. The van der Waals surface area contributed by atoms with Crippen molar-refractivity contribution in [3.8, 4) is 11.5 Å². The zero-order chi connectivity index (χ0) is 20.8. The third kappa shape index (κ3) is 5.30. The van der Waals surface area contributed by atoms with Gasteiger partial charge in [-0.05, 0) is 67.8 Å². The molecule has 0 atom stereocenters. The molecule has 0 saturated carbocycles. The number of carbonyl (C=O) groups excluding carboxylic acids is 2. The lowest BCUT2D eigenvalue weighted by Gasteiger charge is -2.30. The molecule has 5 nitrogen and oxygen atoms in total. The van der Waals surface area contributed by atoms with Crippen LogP contribution in [-0.2, 0) is 17.8 Å². The second kappa shape index (κ2) is 9.79. The zero-order valence-electron chi connectivity index (χ0n) is 16.9. The van der Waals surface area contributed by atoms with Crippen molar-refractivity contribution in [1.82, 2.24) is 4.90 Å². The molecule has 0 unspecified atom stereocenters. The van der Waals surface area contributed by atoms with Crippen molar-refractivity contribution in [3.63, 3.8) is 0 Å². The highest BCUT2D eigenvalue weighted by molar-refractivity contribution is 6.30. The fraction of sp³-hybridized carbons (Fsp3) is 0.391. The van der Waals surface area contributed by atoms with E-state index in [-0.39, 0.29) is 24.5 Å². The number of nitrogens with zero attached hydrogens (tertiary/aromatic N) is 1. The molecular weight excluding hydrogens is 390 g/mol. The Morgan fingerprint density at radius 2 is 1.59 bits per heavy atom. The highest BCUT2D eigenvalue weighted by Gasteiger charge is 2.23. The van der Waals surface area contributed by atoms with Crippen LogP contribution in [0.1, 0.15) is 48.2 Å². The largest absolute Gasteiger partial charge is 0.490 e. The number of ketones is 1. The van der Waals surface area contributed by atoms with Crippen LogP contribution in [0.2, 0.25) is 5.02 Å². The molecule has 3 rings (SSSR count). The molecule has 0 radical (unpaired) electrons. The van der Waals surface area contributed by atoms with Crippen LogP contribution in [0, 0.1) is 0 Å². The summed E-state index contributed by atoms with van der Waals surface area (Å²) >= 11 is 5.86. The quantitative estimate of drug-likeness (QED) is 0.587. The van der Waals surface area contributed by atoms with E-state index in [1.165, 1.54) is 5.56 Å². The molecule has 1 heterocycles. The van der Waals surface area contributed by atoms with Crippen LogP contribution in [0.25, 0.3) is 0 Å². The van der Waals surface area contributed by atoms with E-state index in [0.717, 1.165) is 17.7 Å². The molecule has 0 spiro atoms. The van der Waals surface area contributed by atoms with Gasteiger partial charge >= 0.3 is 0 Å². The van der Waals surface area contributed by atoms with Gasteiger partial charge in [0.05, 0.1) is 13.2 Å². The molecular formula is C23H26ClNO4. The maximum absolute atomic E-state index is 12.7. The van der Waals surface area contributed by atoms with Crippen molar-refractivity contribution in [2.75, 3.05) is 19.8 Å². The van der Waals surface area contributed by atoms with Gasteiger partial charge in [0, 0.05) is 36.5 Å². The number of Topliss-reactive ketones (excluding diaryl/α,β-unsaturated/α-hetero) is 1. The highest BCUT2D eigenvalue weighted by atomic mass is 35.5. The van der Waals surface area contributed by atoms with Crippen LogP contribution in [0.15, 0.2) is 36.4 Å². The van der Waals surface area contributed by atoms with Gasteiger partial charge in [0.2, 0.25) is 5.91 Å². The summed E-state index contributed by atoms with van der Waals surface area (Å²) in [7, 11) is 0. The molecule has 2 aromatic rings. The molecule has 29 heavy (non-hydrogen) atoms. The summed E-state index contributed by atoms with van der Waals surface area (Å²) in [5.74, 6) is 1.40. The zero-order valence-corrected chi connectivity index (χ0v) is 17.6. The Kier molecular flexibility index (Phi) is 7.15. The van der Waals surface area contributed by atoms with Gasteiger partial charge in [-0.15, -0.1) is 0 Å². The van der Waals surface area contributed by atoms with E-state index in [1.807, 2.05) is 30.9 Å². The molecule has 2 aromatic carbocycles. The molecule has 0 aromatic heterocycles. The second-order valence-corrected chi connectivity index (χ2v) is 7.37. The molecule has 0 aliphatic carbocycles. The van der Waals surface area contributed by atoms with E-state index in [4.69, 9.17) is 21.1 Å². The topological polar surface area (TPSA) is 55.8 Å². The maximum atomic E-state index is 12.7. The molecule has 6 heteroatoms. The van der Waals surface area contributed by atoms with Crippen molar-refractivity contribution in [1.29, 1.82) is 0 Å². The van der Waals surface area contributed by atoms with Crippen molar-refractivity contribution in [3.05, 3.63) is 58.1 Å². The van der Waals surface area contributed by atoms with Gasteiger partial charge < -0.3 is 14.4 Å². The summed E-state index contributed by atoms with van der Waals surface area (Å²) in [6.07, 6.45) is 1.15. The fourth-order valence-electron chi connectivity index (χ4n) is 3.47. The minimum atomic E-state index is -0.0487. The number of ether oxygens (including phenoxy) is 2. The van der Waals surface area contributed by atoms with E-state index in [2.05, 4.69) is 0 Å². The Hall–Kier alpha value is -2.53. The summed E-state index contributed by atoms with van der Waals surface area (Å²) < 4.78 is 11.4. The number of hydrogen-bond acceptors (Lipinski definition) is 4. The van der Waals surface area contributed by atoms with Gasteiger partial charge in [0.1, 0.15) is 0 Å². The molecule has 154 valence electrons. The van der Waals surface area contributed by atoms with Crippen LogP contribution < -0.4 is 9.47 Å². The lowest BCUT2D eigenvalue weighted by atomic mass is 9.98. The van der Waals surface area contributed by atoms with Crippen molar-refractivity contribution < 1.29 is 19.1 Å². The first-order valence-corrected chi connectivity index (χ1v) is 10.4. The number of amides is 1. The number of carbonyl (C=O) groups is 2. The van der Waals surface area contributed by atoms with Crippen LogP contribution in [0.4, 0.5) is 0 Å². The normalized spacial score (nSPS) is 13.0. The van der Waals surface area contributed by atoms with Gasteiger partial charge in [-0.1, -0.05) is 11.6 Å². The Morgan fingerprint density at radius 3 is 2.21 bits per heavy atom. The Balaban J connectivity index is 1.63. The molecule has 0 N–H and O–H groups in total. The van der Waals surface area contributed by atoms with E-state index in [9.17, 15) is 9.59 Å². The second-order valence-electron chi connectivity index (χ2n) is 6.93. The Morgan fingerprint density at radius 1 is 0.966 bits per heavy atom. The van der Waals surface area contributed by atoms with Crippen LogP contribution in [-0.4, -0.2) is 36.3 Å². The molecule has 1 amide bonds. The predicted octanol–water partition coefficient (Wildman–Crippen LogP) is 4.69. The number of hydrogen-bond donors (Lipinski definition) is 0. The van der Waals surface area contributed by atoms with E-state index < -0.39 is 0 Å². The van der Waals surface area contributed by atoms with Crippen molar-refractivity contribution in [2.45, 2.75) is 39.7 Å². The summed E-state index contributed by atoms with van der Waals surface area (Å²) in [6.45, 7) is 6.17. The van der Waals surface area contributed by atoms with E-state index in [1.54, 1.807) is 24.3 Å². The Labute approximate surface area is 176 Å². The Bertz CT molecular complexity index is 879. The number of fused-ring (bicyclic) bond motifs is 1. The third-order valence-corrected chi connectivity index (χ3v) is 5.21. The minimum absolute atomic E-state index is 0.00944. The standard InChI is InChI=1S/C23H26ClNO4/c1-3-28-21-13-17-11-12-25(15-18(17)14-22(21)29-4-2)23(27)10-9-20(26)16-5-7-19(24)8-6-16/h5-8,13-14H,3-4,9-12,15H2,1-2H3. The predicted molar refractivity (Wildman–Crippen MR) is 113 cm³/mol. The maximum Gasteiger partial charge on any atom is 0.223 e. The molecule has 1 aliphatic rings. The molecule has 0 fully saturated rings. The highest BCUT2D eigenvalue weighted by Crippen LogP contribution is 2.34. The molecule has 1 aliphatic heterocycles.